The van der Waals surface area contributed by atoms with Gasteiger partial charge in [0.1, 0.15) is 11.6 Å². The Hall–Kier alpha value is -2.36. The van der Waals surface area contributed by atoms with Crippen LogP contribution in [0.5, 0.6) is 5.75 Å². The number of hydrogen-bond acceptors (Lipinski definition) is 5. The van der Waals surface area contributed by atoms with Crippen molar-refractivity contribution in [1.82, 2.24) is 9.21 Å². The molecule has 3 aliphatic rings. The second-order valence-electron chi connectivity index (χ2n) is 10.7. The third-order valence-corrected chi connectivity index (χ3v) is 11.1. The van der Waals surface area contributed by atoms with E-state index in [2.05, 4.69) is 0 Å². The van der Waals surface area contributed by atoms with E-state index < -0.39 is 26.5 Å². The zero-order valence-corrected chi connectivity index (χ0v) is 26.2. The van der Waals surface area contributed by atoms with Crippen LogP contribution in [0.1, 0.15) is 51.2 Å². The van der Waals surface area contributed by atoms with E-state index in [1.54, 1.807) is 30.3 Å². The lowest BCUT2D eigenvalue weighted by molar-refractivity contribution is 0.121. The van der Waals surface area contributed by atoms with Crippen molar-refractivity contribution in [1.29, 1.82) is 0 Å². The number of amides is 1. The number of hydrogen-bond donors (Lipinski definition) is 0. The molecule has 7 nitrogen and oxygen atoms in total. The van der Waals surface area contributed by atoms with Crippen LogP contribution in [-0.4, -0.2) is 54.1 Å². The van der Waals surface area contributed by atoms with E-state index in [1.807, 2.05) is 51.1 Å². The third kappa shape index (κ3) is 5.12. The van der Waals surface area contributed by atoms with Crippen molar-refractivity contribution in [3.8, 4) is 5.75 Å². The molecule has 3 atom stereocenters. The molecule has 0 radical (unpaired) electrons. The van der Waals surface area contributed by atoms with Gasteiger partial charge in [-0.2, -0.15) is 4.31 Å². The minimum atomic E-state index is -3.76. The normalized spacial score (nSPS) is 26.7. The van der Waals surface area contributed by atoms with Gasteiger partial charge in [0.05, 0.1) is 28.1 Å². The highest BCUT2D eigenvalue weighted by atomic mass is 35.5. The zero-order valence-electron chi connectivity index (χ0n) is 23.1. The molecule has 1 amide bonds. The average Bonchev–Trinajstić information content (AvgIpc) is 3.57. The average molecular weight is 637 g/mol. The molecule has 0 saturated carbocycles. The molecule has 2 heterocycles. The van der Waals surface area contributed by atoms with Crippen molar-refractivity contribution in [2.45, 2.75) is 56.0 Å². The number of rotatable bonds is 7. The fourth-order valence-electron chi connectivity index (χ4n) is 6.11. The molecule has 0 aromatic heterocycles. The van der Waals surface area contributed by atoms with Gasteiger partial charge in [-0.25, -0.2) is 8.42 Å². The Balaban J connectivity index is 1.75. The van der Waals surface area contributed by atoms with Crippen molar-refractivity contribution >= 4 is 56.0 Å². The van der Waals surface area contributed by atoms with Gasteiger partial charge in [-0.1, -0.05) is 47.5 Å². The molecule has 2 aromatic carbocycles. The molecule has 1 aliphatic carbocycles. The van der Waals surface area contributed by atoms with E-state index in [1.165, 1.54) is 9.21 Å². The van der Waals surface area contributed by atoms with Crippen molar-refractivity contribution in [2.24, 2.45) is 10.9 Å². The highest BCUT2D eigenvalue weighted by Crippen LogP contribution is 2.54. The van der Waals surface area contributed by atoms with Gasteiger partial charge in [0, 0.05) is 29.1 Å². The van der Waals surface area contributed by atoms with E-state index in [4.69, 9.17) is 44.5 Å². The SMILES string of the molecule is CCOc1ccc(S(=O)(=O)N2CCCC2)cc1C1=N[C@@](C)(C2C=CC(Cl)=CC2)[C@@](C)(c2ccc(Cl)cc2)N1C(=O)Cl. The Labute approximate surface area is 256 Å². The van der Waals surface area contributed by atoms with Crippen LogP contribution in [0.15, 0.2) is 75.6 Å². The first-order valence-electron chi connectivity index (χ1n) is 13.6. The summed E-state index contributed by atoms with van der Waals surface area (Å²) in [6.07, 6.45) is 7.97. The highest BCUT2D eigenvalue weighted by molar-refractivity contribution is 7.89. The molecular weight excluding hydrogens is 605 g/mol. The fraction of sp³-hybridized carbons (Fsp3) is 0.400. The zero-order chi connectivity index (χ0) is 29.6. The maximum Gasteiger partial charge on any atom is 0.322 e. The van der Waals surface area contributed by atoms with Gasteiger partial charge < -0.3 is 4.74 Å². The maximum absolute atomic E-state index is 13.6. The summed E-state index contributed by atoms with van der Waals surface area (Å²) in [6.45, 7) is 7.00. The second-order valence-corrected chi connectivity index (χ2v) is 13.9. The number of ether oxygens (including phenoxy) is 1. The number of sulfonamides is 1. The number of amidine groups is 1. The number of halogens is 3. The number of aliphatic imine (C=N–C) groups is 1. The molecule has 11 heteroatoms. The standard InChI is InChI=1S/C30H32Cl3N3O4S/c1-4-40-26-16-15-24(41(38,39)35-17-5-6-18-35)19-25(26)27-34-29(2,20-7-11-22(31)12-8-20)30(3,36(27)28(33)37)21-9-13-23(32)14-10-21/h7,9-16,19-20H,4-6,8,17-18H2,1-3H3/t20?,29-,30+/m0/s1. The molecule has 2 aliphatic heterocycles. The molecule has 0 N–H and O–H groups in total. The molecule has 41 heavy (non-hydrogen) atoms. The number of carbonyl (C=O) groups is 1. The molecular formula is C30H32Cl3N3O4S. The quantitative estimate of drug-likeness (QED) is 0.236. The summed E-state index contributed by atoms with van der Waals surface area (Å²) in [5, 5.41) is 0.421. The molecule has 0 spiro atoms. The van der Waals surface area contributed by atoms with Gasteiger partial charge >= 0.3 is 5.37 Å². The predicted octanol–water partition coefficient (Wildman–Crippen LogP) is 7.32. The molecule has 1 fully saturated rings. The smallest absolute Gasteiger partial charge is 0.322 e. The number of allylic oxidation sites excluding steroid dienone is 3. The summed E-state index contributed by atoms with van der Waals surface area (Å²) in [5.74, 6) is 0.467. The van der Waals surface area contributed by atoms with E-state index in [0.29, 0.717) is 47.5 Å². The number of benzene rings is 2. The van der Waals surface area contributed by atoms with Gasteiger partial charge in [0.25, 0.3) is 0 Å². The van der Waals surface area contributed by atoms with Crippen LogP contribution in [0.4, 0.5) is 4.79 Å². The summed E-state index contributed by atoms with van der Waals surface area (Å²) in [7, 11) is -3.76. The first-order valence-corrected chi connectivity index (χ1v) is 16.2. The Morgan fingerprint density at radius 1 is 1.10 bits per heavy atom. The molecule has 5 rings (SSSR count). The van der Waals surface area contributed by atoms with Gasteiger partial charge in [-0.05, 0) is 93.6 Å². The van der Waals surface area contributed by atoms with Crippen LogP contribution in [0.2, 0.25) is 5.02 Å². The van der Waals surface area contributed by atoms with Crippen molar-refractivity contribution in [3.63, 3.8) is 0 Å². The minimum absolute atomic E-state index is 0.108. The van der Waals surface area contributed by atoms with E-state index >= 15 is 0 Å². The van der Waals surface area contributed by atoms with E-state index in [-0.39, 0.29) is 16.6 Å². The Bertz CT molecular complexity index is 1550. The second kappa shape index (κ2) is 11.4. The lowest BCUT2D eigenvalue weighted by Gasteiger charge is -2.47. The van der Waals surface area contributed by atoms with Gasteiger partial charge in [0.2, 0.25) is 10.0 Å². The maximum atomic E-state index is 13.6. The highest BCUT2D eigenvalue weighted by Gasteiger charge is 2.61. The molecule has 2 aromatic rings. The molecule has 0 bridgehead atoms. The van der Waals surface area contributed by atoms with Gasteiger partial charge in [-0.3, -0.25) is 14.7 Å². The first-order chi connectivity index (χ1) is 19.4. The van der Waals surface area contributed by atoms with Gasteiger partial charge in [0.15, 0.2) is 0 Å². The first kappa shape index (κ1) is 30.1. The van der Waals surface area contributed by atoms with Crippen LogP contribution in [0.3, 0.4) is 0 Å². The minimum Gasteiger partial charge on any atom is -0.493 e. The predicted molar refractivity (Wildman–Crippen MR) is 164 cm³/mol. The van der Waals surface area contributed by atoms with Crippen molar-refractivity contribution < 1.29 is 17.9 Å². The van der Waals surface area contributed by atoms with Crippen molar-refractivity contribution in [3.05, 3.63) is 81.9 Å². The molecule has 1 saturated heterocycles. The van der Waals surface area contributed by atoms with E-state index in [9.17, 15) is 13.2 Å². The Morgan fingerprint density at radius 3 is 2.37 bits per heavy atom. The summed E-state index contributed by atoms with van der Waals surface area (Å²) in [6, 6.07) is 12.0. The topological polar surface area (TPSA) is 79.3 Å². The summed E-state index contributed by atoms with van der Waals surface area (Å²) < 4.78 is 34.6. The largest absolute Gasteiger partial charge is 0.493 e. The number of carbonyl (C=O) groups excluding carboxylic acids is 1. The van der Waals surface area contributed by atoms with Crippen LogP contribution in [0.25, 0.3) is 0 Å². The molecule has 218 valence electrons. The monoisotopic (exact) mass is 635 g/mol. The van der Waals surface area contributed by atoms with Crippen LogP contribution < -0.4 is 4.74 Å². The van der Waals surface area contributed by atoms with E-state index in [0.717, 1.165) is 18.4 Å². The Morgan fingerprint density at radius 2 is 1.78 bits per heavy atom. The fourth-order valence-corrected chi connectivity index (χ4v) is 8.19. The van der Waals surface area contributed by atoms with Gasteiger partial charge in [-0.15, -0.1) is 0 Å². The molecule has 1 unspecified atom stereocenters. The summed E-state index contributed by atoms with van der Waals surface area (Å²) in [5.41, 5.74) is -0.895. The Kier molecular flexibility index (Phi) is 8.36. The van der Waals surface area contributed by atoms with Crippen molar-refractivity contribution in [2.75, 3.05) is 19.7 Å². The lowest BCUT2D eigenvalue weighted by atomic mass is 9.66. The number of nitrogens with zero attached hydrogens (tertiary/aromatic N) is 3. The summed E-state index contributed by atoms with van der Waals surface area (Å²) in [4.78, 5) is 20.2. The third-order valence-electron chi connectivity index (χ3n) is 8.54. The van der Waals surface area contributed by atoms with Crippen LogP contribution in [0, 0.1) is 5.92 Å². The van der Waals surface area contributed by atoms with Crippen LogP contribution in [-0.2, 0) is 15.6 Å². The summed E-state index contributed by atoms with van der Waals surface area (Å²) >= 11 is 18.9. The van der Waals surface area contributed by atoms with Crippen LogP contribution >= 0.6 is 34.8 Å². The lowest BCUT2D eigenvalue weighted by Crippen LogP contribution is -2.57.